The number of halogens is 1. The number of ether oxygens (including phenoxy) is 1. The Hall–Kier alpha value is -1.07. The summed E-state index contributed by atoms with van der Waals surface area (Å²) in [5, 5.41) is 9.72. The van der Waals surface area contributed by atoms with Gasteiger partial charge in [-0.3, -0.25) is 4.79 Å². The van der Waals surface area contributed by atoms with E-state index in [1.807, 2.05) is 24.3 Å². The SMILES string of the molecule is O=C1N(C2CCC(O)CC2)CCC12CCC(Oc1ccc(Br)cc1)CC2. The number of carbonyl (C=O) groups is 1. The second kappa shape index (κ2) is 7.51. The van der Waals surface area contributed by atoms with Gasteiger partial charge in [-0.15, -0.1) is 0 Å². The van der Waals surface area contributed by atoms with Gasteiger partial charge in [0.05, 0.1) is 17.6 Å². The lowest BCUT2D eigenvalue weighted by Crippen LogP contribution is -2.45. The van der Waals surface area contributed by atoms with E-state index < -0.39 is 0 Å². The van der Waals surface area contributed by atoms with Gasteiger partial charge in [0.25, 0.3) is 0 Å². The fourth-order valence-corrected chi connectivity index (χ4v) is 5.26. The maximum atomic E-state index is 13.2. The highest BCUT2D eigenvalue weighted by atomic mass is 79.9. The summed E-state index contributed by atoms with van der Waals surface area (Å²) < 4.78 is 7.18. The summed E-state index contributed by atoms with van der Waals surface area (Å²) in [4.78, 5) is 15.3. The molecule has 3 fully saturated rings. The molecular weight excluding hydrogens is 394 g/mol. The highest BCUT2D eigenvalue weighted by Crippen LogP contribution is 2.47. The Kier molecular flexibility index (Phi) is 5.29. The van der Waals surface area contributed by atoms with E-state index in [4.69, 9.17) is 4.74 Å². The van der Waals surface area contributed by atoms with Crippen molar-refractivity contribution in [1.82, 2.24) is 4.90 Å². The van der Waals surface area contributed by atoms with E-state index in [1.165, 1.54) is 0 Å². The molecule has 0 aromatic heterocycles. The van der Waals surface area contributed by atoms with Crippen molar-refractivity contribution in [3.05, 3.63) is 28.7 Å². The van der Waals surface area contributed by atoms with Gasteiger partial charge in [-0.25, -0.2) is 0 Å². The van der Waals surface area contributed by atoms with Crippen LogP contribution in [-0.4, -0.2) is 40.7 Å². The van der Waals surface area contributed by atoms with E-state index in [-0.39, 0.29) is 17.6 Å². The zero-order valence-electron chi connectivity index (χ0n) is 15.2. The van der Waals surface area contributed by atoms with Gasteiger partial charge in [-0.05, 0) is 82.1 Å². The Balaban J connectivity index is 1.33. The van der Waals surface area contributed by atoms with Crippen molar-refractivity contribution in [3.63, 3.8) is 0 Å². The molecule has 0 bridgehead atoms. The maximum absolute atomic E-state index is 13.2. The van der Waals surface area contributed by atoms with Crippen LogP contribution in [-0.2, 0) is 4.79 Å². The number of rotatable bonds is 3. The highest BCUT2D eigenvalue weighted by molar-refractivity contribution is 9.10. The molecule has 1 heterocycles. The third-order valence-electron chi connectivity index (χ3n) is 6.66. The molecule has 1 spiro atoms. The average molecular weight is 422 g/mol. The molecular formula is C21H28BrNO3. The first kappa shape index (κ1) is 18.3. The number of benzene rings is 1. The van der Waals surface area contributed by atoms with Crippen LogP contribution in [0.15, 0.2) is 28.7 Å². The van der Waals surface area contributed by atoms with Crippen molar-refractivity contribution in [2.75, 3.05) is 6.54 Å². The summed E-state index contributed by atoms with van der Waals surface area (Å²) in [7, 11) is 0. The average Bonchev–Trinajstić information content (AvgIpc) is 2.96. The maximum Gasteiger partial charge on any atom is 0.229 e. The van der Waals surface area contributed by atoms with Gasteiger partial charge in [-0.1, -0.05) is 15.9 Å². The molecule has 1 aromatic carbocycles. The first-order valence-electron chi connectivity index (χ1n) is 9.97. The van der Waals surface area contributed by atoms with E-state index in [1.54, 1.807) is 0 Å². The number of nitrogens with zero attached hydrogens (tertiary/aromatic N) is 1. The Morgan fingerprint density at radius 1 is 1.00 bits per heavy atom. The molecule has 1 aromatic rings. The van der Waals surface area contributed by atoms with Gasteiger partial charge in [0.1, 0.15) is 5.75 Å². The fraction of sp³-hybridized carbons (Fsp3) is 0.667. The van der Waals surface area contributed by atoms with Gasteiger partial charge < -0.3 is 14.7 Å². The normalized spacial score (nSPS) is 35.1. The van der Waals surface area contributed by atoms with Crippen LogP contribution >= 0.6 is 15.9 Å². The molecule has 0 radical (unpaired) electrons. The topological polar surface area (TPSA) is 49.8 Å². The predicted molar refractivity (Wildman–Crippen MR) is 104 cm³/mol. The summed E-state index contributed by atoms with van der Waals surface area (Å²) in [5.74, 6) is 1.29. The molecule has 4 rings (SSSR count). The minimum atomic E-state index is -0.163. The molecule has 5 heteroatoms. The van der Waals surface area contributed by atoms with Crippen molar-refractivity contribution in [1.29, 1.82) is 0 Å². The van der Waals surface area contributed by atoms with Crippen molar-refractivity contribution < 1.29 is 14.6 Å². The minimum Gasteiger partial charge on any atom is -0.490 e. The number of likely N-dealkylation sites (tertiary alicyclic amines) is 1. The van der Waals surface area contributed by atoms with E-state index in [9.17, 15) is 9.90 Å². The second-order valence-electron chi connectivity index (χ2n) is 8.26. The fourth-order valence-electron chi connectivity index (χ4n) is 5.00. The molecule has 3 aliphatic rings. The third kappa shape index (κ3) is 3.65. The molecule has 0 atom stereocenters. The Bertz CT molecular complexity index is 631. The van der Waals surface area contributed by atoms with Crippen LogP contribution in [0.25, 0.3) is 0 Å². The highest BCUT2D eigenvalue weighted by Gasteiger charge is 2.50. The molecule has 1 amide bonds. The molecule has 1 N–H and O–H groups in total. The molecule has 1 saturated heterocycles. The molecule has 26 heavy (non-hydrogen) atoms. The molecule has 2 saturated carbocycles. The zero-order valence-corrected chi connectivity index (χ0v) is 16.8. The van der Waals surface area contributed by atoms with Gasteiger partial charge in [0.15, 0.2) is 0 Å². The lowest BCUT2D eigenvalue weighted by Gasteiger charge is -2.38. The molecule has 4 nitrogen and oxygen atoms in total. The first-order chi connectivity index (χ1) is 12.6. The van der Waals surface area contributed by atoms with Crippen LogP contribution in [0.5, 0.6) is 5.75 Å². The minimum absolute atomic E-state index is 0.143. The number of hydrogen-bond donors (Lipinski definition) is 1. The number of hydrogen-bond acceptors (Lipinski definition) is 3. The number of amides is 1. The largest absolute Gasteiger partial charge is 0.490 e. The van der Waals surface area contributed by atoms with E-state index in [0.717, 1.165) is 74.6 Å². The quantitative estimate of drug-likeness (QED) is 0.791. The lowest BCUT2D eigenvalue weighted by atomic mass is 9.72. The Morgan fingerprint density at radius 2 is 1.65 bits per heavy atom. The van der Waals surface area contributed by atoms with E-state index in [0.29, 0.717) is 11.9 Å². The van der Waals surface area contributed by atoms with Crippen LogP contribution in [0.2, 0.25) is 0 Å². The van der Waals surface area contributed by atoms with Crippen molar-refractivity contribution in [3.8, 4) is 5.75 Å². The molecule has 142 valence electrons. The standard InChI is InChI=1S/C21H28BrNO3/c22-15-1-7-18(8-2-15)26-19-9-11-21(12-10-19)13-14-23(20(21)25)16-3-5-17(24)6-4-16/h1-2,7-8,16-17,19,24H,3-6,9-14H2. The summed E-state index contributed by atoms with van der Waals surface area (Å²) in [6, 6.07) is 8.34. The zero-order chi connectivity index (χ0) is 18.1. The van der Waals surface area contributed by atoms with Crippen LogP contribution in [0.1, 0.15) is 57.8 Å². The first-order valence-corrected chi connectivity index (χ1v) is 10.8. The van der Waals surface area contributed by atoms with Gasteiger partial charge in [-0.2, -0.15) is 0 Å². The predicted octanol–water partition coefficient (Wildman–Crippen LogP) is 4.29. The van der Waals surface area contributed by atoms with Crippen molar-refractivity contribution >= 4 is 21.8 Å². The molecule has 2 aliphatic carbocycles. The van der Waals surface area contributed by atoms with Crippen molar-refractivity contribution in [2.24, 2.45) is 5.41 Å². The van der Waals surface area contributed by atoms with Crippen LogP contribution in [0.3, 0.4) is 0 Å². The molecule has 1 aliphatic heterocycles. The van der Waals surface area contributed by atoms with Gasteiger partial charge >= 0.3 is 0 Å². The van der Waals surface area contributed by atoms with Crippen LogP contribution in [0, 0.1) is 5.41 Å². The number of aliphatic hydroxyl groups excluding tert-OH is 1. The van der Waals surface area contributed by atoms with Crippen LogP contribution < -0.4 is 4.74 Å². The number of aliphatic hydroxyl groups is 1. The Morgan fingerprint density at radius 3 is 2.31 bits per heavy atom. The smallest absolute Gasteiger partial charge is 0.229 e. The van der Waals surface area contributed by atoms with Crippen molar-refractivity contribution in [2.45, 2.75) is 76.0 Å². The summed E-state index contributed by atoms with van der Waals surface area (Å²) in [6.07, 6.45) is 8.44. The van der Waals surface area contributed by atoms with Gasteiger partial charge in [0.2, 0.25) is 5.91 Å². The van der Waals surface area contributed by atoms with Crippen LogP contribution in [0.4, 0.5) is 0 Å². The van der Waals surface area contributed by atoms with E-state index >= 15 is 0 Å². The molecule has 0 unspecified atom stereocenters. The summed E-state index contributed by atoms with van der Waals surface area (Å²) >= 11 is 3.45. The summed E-state index contributed by atoms with van der Waals surface area (Å²) in [5.41, 5.74) is -0.143. The second-order valence-corrected chi connectivity index (χ2v) is 9.18. The lowest BCUT2D eigenvalue weighted by molar-refractivity contribution is -0.141. The Labute approximate surface area is 164 Å². The van der Waals surface area contributed by atoms with E-state index in [2.05, 4.69) is 20.8 Å². The van der Waals surface area contributed by atoms with Gasteiger partial charge in [0, 0.05) is 17.1 Å². The number of carbonyl (C=O) groups excluding carboxylic acids is 1. The monoisotopic (exact) mass is 421 g/mol. The third-order valence-corrected chi connectivity index (χ3v) is 7.19. The summed E-state index contributed by atoms with van der Waals surface area (Å²) in [6.45, 7) is 0.901.